The molecule has 0 heterocycles. The van der Waals surface area contributed by atoms with E-state index < -0.39 is 9.53 Å². The predicted octanol–water partition coefficient (Wildman–Crippen LogP) is 3.05. The molecule has 0 aromatic heterocycles. The van der Waals surface area contributed by atoms with Gasteiger partial charge in [0.1, 0.15) is 0 Å². The summed E-state index contributed by atoms with van der Waals surface area (Å²) in [5, 5.41) is 0. The quantitative estimate of drug-likeness (QED) is 0.540. The van der Waals surface area contributed by atoms with Gasteiger partial charge >= 0.3 is 0 Å². The molecule has 0 spiro atoms. The molecule has 0 aliphatic heterocycles. The first-order valence-electron chi connectivity index (χ1n) is 8.10. The number of rotatable bonds is 9. The highest BCUT2D eigenvalue weighted by atomic mass is 32.3. The van der Waals surface area contributed by atoms with Crippen LogP contribution in [0.15, 0.2) is 29.2 Å². The van der Waals surface area contributed by atoms with Crippen molar-refractivity contribution >= 4 is 9.53 Å². The molecule has 0 aliphatic carbocycles. The number of aryl methyl sites for hydroxylation is 1. The van der Waals surface area contributed by atoms with Crippen LogP contribution in [0.2, 0.25) is 0 Å². The maximum atomic E-state index is 13.1. The maximum Gasteiger partial charge on any atom is 0.0782 e. The minimum Gasteiger partial charge on any atom is -0.329 e. The molecular weight excluding hydrogens is 296 g/mol. The zero-order valence-electron chi connectivity index (χ0n) is 14.8. The molecular formula is C17H33N2O2S+. The van der Waals surface area contributed by atoms with Crippen molar-refractivity contribution in [2.45, 2.75) is 38.0 Å². The highest BCUT2D eigenvalue weighted by Crippen LogP contribution is 2.30. The van der Waals surface area contributed by atoms with Crippen LogP contribution in [0.4, 0.5) is 0 Å². The molecule has 4 nitrogen and oxygen atoms in total. The first kappa shape index (κ1) is 19.3. The van der Waals surface area contributed by atoms with Crippen molar-refractivity contribution in [2.24, 2.45) is 0 Å². The molecule has 128 valence electrons. The molecule has 0 bridgehead atoms. The summed E-state index contributed by atoms with van der Waals surface area (Å²) in [5.74, 6) is 0.274. The summed E-state index contributed by atoms with van der Waals surface area (Å²) in [4.78, 5) is 0.495. The van der Waals surface area contributed by atoms with Crippen molar-refractivity contribution in [2.75, 3.05) is 40.0 Å². The summed E-state index contributed by atoms with van der Waals surface area (Å²) in [5.41, 5.74) is 1.09. The van der Waals surface area contributed by atoms with Crippen molar-refractivity contribution < 1.29 is 13.2 Å². The van der Waals surface area contributed by atoms with Gasteiger partial charge in [0.2, 0.25) is 0 Å². The standard InChI is InChI=1S/C17H32N2O2S/c1-6-19(4,5)14-8-7-9-15-22(20,21,18-3)17-12-10-16(2)11-13-17/h10-13H,6-9,14-15H2,1-5H3,(H-,18,20,21)/p+1. The smallest absolute Gasteiger partial charge is 0.0782 e. The van der Waals surface area contributed by atoms with Gasteiger partial charge in [0, 0.05) is 7.05 Å². The summed E-state index contributed by atoms with van der Waals surface area (Å²) in [7, 11) is 2.08. The summed E-state index contributed by atoms with van der Waals surface area (Å²) >= 11 is 0. The van der Waals surface area contributed by atoms with Crippen molar-refractivity contribution in [1.29, 1.82) is 0 Å². The maximum absolute atomic E-state index is 13.1. The Balaban J connectivity index is 2.63. The molecule has 0 radical (unpaired) electrons. The van der Waals surface area contributed by atoms with E-state index in [1.807, 2.05) is 19.1 Å². The molecule has 0 saturated heterocycles. The van der Waals surface area contributed by atoms with E-state index in [1.54, 1.807) is 19.2 Å². The summed E-state index contributed by atoms with van der Waals surface area (Å²) in [6, 6.07) is 7.30. The van der Waals surface area contributed by atoms with Gasteiger partial charge in [-0.2, -0.15) is 4.21 Å². The van der Waals surface area contributed by atoms with Gasteiger partial charge in [-0.15, -0.1) is 9.53 Å². The van der Waals surface area contributed by atoms with Crippen LogP contribution in [0.5, 0.6) is 0 Å². The van der Waals surface area contributed by atoms with Gasteiger partial charge in [0.15, 0.2) is 0 Å². The highest BCUT2D eigenvalue weighted by Gasteiger charge is 2.27. The molecule has 0 saturated carbocycles. The second kappa shape index (κ2) is 7.21. The third-order valence-corrected chi connectivity index (χ3v) is 7.70. The number of unbranched alkanes of at least 4 members (excludes halogenated alkanes) is 2. The molecule has 0 fully saturated rings. The van der Waals surface area contributed by atoms with Crippen LogP contribution >= 0.6 is 0 Å². The third-order valence-electron chi connectivity index (χ3n) is 4.57. The second-order valence-corrected chi connectivity index (χ2v) is 10.2. The van der Waals surface area contributed by atoms with Crippen LogP contribution in [-0.4, -0.2) is 53.2 Å². The van der Waals surface area contributed by atoms with Gasteiger partial charge in [-0.25, -0.2) is 4.72 Å². The molecule has 5 heteroatoms. The Morgan fingerprint density at radius 1 is 1.14 bits per heavy atom. The molecule has 0 aliphatic rings. The topological polar surface area (TPSA) is 49.3 Å². The first-order chi connectivity index (χ1) is 10.1. The van der Waals surface area contributed by atoms with Crippen LogP contribution in [0, 0.1) is 6.92 Å². The molecule has 1 aromatic rings. The summed E-state index contributed by atoms with van der Waals surface area (Å²) in [6.45, 7) is 6.39. The monoisotopic (exact) mass is 329 g/mol. The van der Waals surface area contributed by atoms with E-state index in [1.165, 1.54) is 0 Å². The zero-order chi connectivity index (χ0) is 16.9. The van der Waals surface area contributed by atoms with Crippen LogP contribution in [-0.2, 0) is 9.53 Å². The Hall–Kier alpha value is -0.750. The minimum absolute atomic E-state index is 0.274. The van der Waals surface area contributed by atoms with E-state index in [2.05, 4.69) is 25.7 Å². The molecule has 1 rings (SSSR count). The Morgan fingerprint density at radius 3 is 2.23 bits per heavy atom. The number of hydrogen-bond donors (Lipinski definition) is 2. The van der Waals surface area contributed by atoms with E-state index in [4.69, 9.17) is 0 Å². The number of quaternary nitrogens is 1. The molecule has 0 amide bonds. The van der Waals surface area contributed by atoms with Gasteiger partial charge in [0.25, 0.3) is 0 Å². The molecule has 0 unspecified atom stereocenters. The SMILES string of the molecule is CC[N+](C)(C)CCCCCS(=O)(O)(NC)c1ccc(C)cc1. The normalized spacial score (nSPS) is 14.5. The fourth-order valence-electron chi connectivity index (χ4n) is 2.40. The number of nitrogens with one attached hydrogen (secondary N) is 1. The predicted molar refractivity (Wildman–Crippen MR) is 95.5 cm³/mol. The Bertz CT molecular complexity index is 540. The fourth-order valence-corrected chi connectivity index (χ4v) is 4.51. The van der Waals surface area contributed by atoms with Crippen molar-refractivity contribution in [1.82, 2.24) is 4.72 Å². The average Bonchev–Trinajstić information content (AvgIpc) is 2.47. The van der Waals surface area contributed by atoms with Gasteiger partial charge in [0.05, 0.1) is 37.8 Å². The lowest BCUT2D eigenvalue weighted by atomic mass is 10.2. The lowest BCUT2D eigenvalue weighted by molar-refractivity contribution is -0.888. The second-order valence-electron chi connectivity index (χ2n) is 6.82. The van der Waals surface area contributed by atoms with Crippen LogP contribution in [0.3, 0.4) is 0 Å². The Morgan fingerprint density at radius 2 is 1.73 bits per heavy atom. The van der Waals surface area contributed by atoms with Crippen LogP contribution in [0.25, 0.3) is 0 Å². The van der Waals surface area contributed by atoms with Crippen LogP contribution in [0.1, 0.15) is 31.7 Å². The van der Waals surface area contributed by atoms with Gasteiger partial charge in [-0.1, -0.05) is 17.7 Å². The summed E-state index contributed by atoms with van der Waals surface area (Å²) < 4.78 is 27.6. The van der Waals surface area contributed by atoms with Crippen molar-refractivity contribution in [3.05, 3.63) is 29.8 Å². The largest absolute Gasteiger partial charge is 0.329 e. The molecule has 22 heavy (non-hydrogen) atoms. The Labute approximate surface area is 135 Å². The number of benzene rings is 1. The average molecular weight is 330 g/mol. The van der Waals surface area contributed by atoms with E-state index >= 15 is 0 Å². The van der Waals surface area contributed by atoms with E-state index in [-0.39, 0.29) is 5.75 Å². The number of hydrogen-bond acceptors (Lipinski definition) is 1. The molecule has 0 atom stereocenters. The fraction of sp³-hybridized carbons (Fsp3) is 0.647. The van der Waals surface area contributed by atoms with Crippen molar-refractivity contribution in [3.63, 3.8) is 0 Å². The van der Waals surface area contributed by atoms with Gasteiger partial charge in [-0.05, 0) is 45.2 Å². The minimum atomic E-state index is -3.94. The lowest BCUT2D eigenvalue weighted by Crippen LogP contribution is -2.48. The Kier molecular flexibility index (Phi) is 6.33. The van der Waals surface area contributed by atoms with E-state index in [9.17, 15) is 8.76 Å². The first-order valence-corrected chi connectivity index (χ1v) is 10.2. The third kappa shape index (κ3) is 5.16. The molecule has 1 aromatic carbocycles. The van der Waals surface area contributed by atoms with E-state index in [0.717, 1.165) is 42.4 Å². The lowest BCUT2D eigenvalue weighted by Gasteiger charge is -2.43. The van der Waals surface area contributed by atoms with Gasteiger partial charge < -0.3 is 4.48 Å². The van der Waals surface area contributed by atoms with Gasteiger partial charge in [-0.3, -0.25) is 4.55 Å². The summed E-state index contributed by atoms with van der Waals surface area (Å²) in [6.07, 6.45) is 2.81. The van der Waals surface area contributed by atoms with Crippen molar-refractivity contribution in [3.8, 4) is 0 Å². The molecule has 2 N–H and O–H groups in total. The number of nitrogens with zero attached hydrogens (tertiary/aromatic N) is 1. The highest BCUT2D eigenvalue weighted by molar-refractivity contribution is 8.13. The van der Waals surface area contributed by atoms with Crippen LogP contribution < -0.4 is 4.72 Å². The zero-order valence-corrected chi connectivity index (χ0v) is 15.6. The van der Waals surface area contributed by atoms with E-state index in [0.29, 0.717) is 4.90 Å².